The topological polar surface area (TPSA) is 33.2 Å². The van der Waals surface area contributed by atoms with Crippen LogP contribution in [0, 0.1) is 0 Å². The second-order valence-electron chi connectivity index (χ2n) is 4.96. The van der Waals surface area contributed by atoms with Crippen LogP contribution in [0.1, 0.15) is 23.2 Å². The Labute approximate surface area is 115 Å². The lowest BCUT2D eigenvalue weighted by Crippen LogP contribution is -2.37. The molecule has 0 saturated heterocycles. The van der Waals surface area contributed by atoms with Gasteiger partial charge in [0.2, 0.25) is 0 Å². The molecule has 1 heterocycles. The van der Waals surface area contributed by atoms with Gasteiger partial charge in [0.25, 0.3) is 12.3 Å². The molecule has 1 aromatic carbocycles. The van der Waals surface area contributed by atoms with Crippen LogP contribution in [0.4, 0.5) is 8.78 Å². The number of hydrogen-bond acceptors (Lipinski definition) is 2. The molecule has 2 aromatic rings. The van der Waals surface area contributed by atoms with E-state index in [0.29, 0.717) is 16.5 Å². The summed E-state index contributed by atoms with van der Waals surface area (Å²) < 4.78 is 25.3. The monoisotopic (exact) mass is 276 g/mol. The molecule has 1 aromatic heterocycles. The van der Waals surface area contributed by atoms with Crippen LogP contribution in [0.2, 0.25) is 0 Å². The first-order chi connectivity index (χ1) is 9.66. The number of carbonyl (C=O) groups excluding carboxylic acids is 1. The molecular weight excluding hydrogens is 262 g/mol. The summed E-state index contributed by atoms with van der Waals surface area (Å²) in [5, 5.41) is 0.708. The predicted molar refractivity (Wildman–Crippen MR) is 71.8 cm³/mol. The SMILES string of the molecule is O=C(c1cccc2ncccc12)N(CC(F)F)C1CC1. The van der Waals surface area contributed by atoms with Crippen molar-refractivity contribution in [2.45, 2.75) is 25.3 Å². The Bertz CT molecular complexity index is 635. The molecule has 0 bridgehead atoms. The van der Waals surface area contributed by atoms with Gasteiger partial charge in [0.1, 0.15) is 0 Å². The molecule has 3 rings (SSSR count). The van der Waals surface area contributed by atoms with Crippen LogP contribution in [0.5, 0.6) is 0 Å². The van der Waals surface area contributed by atoms with Crippen molar-refractivity contribution in [1.29, 1.82) is 0 Å². The van der Waals surface area contributed by atoms with Crippen molar-refractivity contribution < 1.29 is 13.6 Å². The Kier molecular flexibility index (Phi) is 3.34. The van der Waals surface area contributed by atoms with Crippen molar-refractivity contribution in [1.82, 2.24) is 9.88 Å². The summed E-state index contributed by atoms with van der Waals surface area (Å²) >= 11 is 0. The molecule has 20 heavy (non-hydrogen) atoms. The van der Waals surface area contributed by atoms with E-state index < -0.39 is 13.0 Å². The van der Waals surface area contributed by atoms with Crippen molar-refractivity contribution in [2.24, 2.45) is 0 Å². The molecule has 1 aliphatic rings. The lowest BCUT2D eigenvalue weighted by molar-refractivity contribution is 0.0536. The van der Waals surface area contributed by atoms with Crippen LogP contribution in [0.15, 0.2) is 36.5 Å². The van der Waals surface area contributed by atoms with Gasteiger partial charge in [0.05, 0.1) is 12.1 Å². The molecule has 1 fully saturated rings. The fraction of sp³-hybridized carbons (Fsp3) is 0.333. The van der Waals surface area contributed by atoms with Gasteiger partial charge in [-0.15, -0.1) is 0 Å². The molecule has 0 radical (unpaired) electrons. The number of carbonyl (C=O) groups is 1. The zero-order chi connectivity index (χ0) is 14.1. The highest BCUT2D eigenvalue weighted by Crippen LogP contribution is 2.30. The zero-order valence-corrected chi connectivity index (χ0v) is 10.8. The van der Waals surface area contributed by atoms with E-state index in [1.807, 2.05) is 0 Å². The third-order valence-electron chi connectivity index (χ3n) is 3.46. The number of fused-ring (bicyclic) bond motifs is 1. The molecule has 0 spiro atoms. The fourth-order valence-corrected chi connectivity index (χ4v) is 2.38. The second kappa shape index (κ2) is 5.15. The van der Waals surface area contributed by atoms with Gasteiger partial charge in [-0.3, -0.25) is 9.78 Å². The standard InChI is InChI=1S/C15H14F2N2O/c16-14(17)9-19(10-6-7-10)15(20)12-3-1-5-13-11(12)4-2-8-18-13/h1-5,8,10,14H,6-7,9H2. The molecule has 104 valence electrons. The molecule has 1 aliphatic carbocycles. The summed E-state index contributed by atoms with van der Waals surface area (Å²) in [5.74, 6) is -0.327. The second-order valence-corrected chi connectivity index (χ2v) is 4.96. The van der Waals surface area contributed by atoms with Crippen molar-refractivity contribution >= 4 is 16.8 Å². The number of hydrogen-bond donors (Lipinski definition) is 0. The first-order valence-corrected chi connectivity index (χ1v) is 6.59. The highest BCUT2D eigenvalue weighted by molar-refractivity contribution is 6.06. The van der Waals surface area contributed by atoms with Crippen LogP contribution in [-0.4, -0.2) is 34.8 Å². The lowest BCUT2D eigenvalue weighted by atomic mass is 10.1. The highest BCUT2D eigenvalue weighted by atomic mass is 19.3. The lowest BCUT2D eigenvalue weighted by Gasteiger charge is -2.22. The van der Waals surface area contributed by atoms with E-state index in [4.69, 9.17) is 0 Å². The number of aromatic nitrogens is 1. The van der Waals surface area contributed by atoms with Crippen LogP contribution in [0.3, 0.4) is 0 Å². The quantitative estimate of drug-likeness (QED) is 0.859. The van der Waals surface area contributed by atoms with Gasteiger partial charge in [0.15, 0.2) is 0 Å². The van der Waals surface area contributed by atoms with Gasteiger partial charge in [-0.2, -0.15) is 0 Å². The molecule has 3 nitrogen and oxygen atoms in total. The Hall–Kier alpha value is -2.04. The summed E-state index contributed by atoms with van der Waals surface area (Å²) in [6.07, 6.45) is 0.754. The third kappa shape index (κ3) is 2.48. The number of rotatable bonds is 4. The molecule has 5 heteroatoms. The van der Waals surface area contributed by atoms with E-state index >= 15 is 0 Å². The van der Waals surface area contributed by atoms with Crippen molar-refractivity contribution in [2.75, 3.05) is 6.54 Å². The molecule has 0 aliphatic heterocycles. The van der Waals surface area contributed by atoms with Crippen LogP contribution in [0.25, 0.3) is 10.9 Å². The maximum atomic E-state index is 12.7. The molecule has 0 unspecified atom stereocenters. The Morgan fingerprint density at radius 3 is 2.80 bits per heavy atom. The maximum absolute atomic E-state index is 12.7. The summed E-state index contributed by atoms with van der Waals surface area (Å²) in [6.45, 7) is -0.500. The Balaban J connectivity index is 1.98. The minimum Gasteiger partial charge on any atom is -0.330 e. The maximum Gasteiger partial charge on any atom is 0.255 e. The van der Waals surface area contributed by atoms with Crippen molar-refractivity contribution in [3.8, 4) is 0 Å². The minimum atomic E-state index is -2.51. The van der Waals surface area contributed by atoms with E-state index in [2.05, 4.69) is 4.98 Å². The number of nitrogens with zero attached hydrogens (tertiary/aromatic N) is 2. The van der Waals surface area contributed by atoms with E-state index in [1.54, 1.807) is 36.5 Å². The Morgan fingerprint density at radius 1 is 1.30 bits per heavy atom. The van der Waals surface area contributed by atoms with Gasteiger partial charge in [-0.1, -0.05) is 12.1 Å². The van der Waals surface area contributed by atoms with Crippen LogP contribution in [-0.2, 0) is 0 Å². The van der Waals surface area contributed by atoms with Gasteiger partial charge in [0, 0.05) is 23.2 Å². The average Bonchev–Trinajstić information content (AvgIpc) is 3.28. The fourth-order valence-electron chi connectivity index (χ4n) is 2.38. The predicted octanol–water partition coefficient (Wildman–Crippen LogP) is 3.10. The molecule has 0 atom stereocenters. The molecule has 1 amide bonds. The van der Waals surface area contributed by atoms with Gasteiger partial charge >= 0.3 is 0 Å². The summed E-state index contributed by atoms with van der Waals surface area (Å²) in [6, 6.07) is 8.71. The van der Waals surface area contributed by atoms with E-state index in [1.165, 1.54) is 4.90 Å². The number of alkyl halides is 2. The molecule has 1 saturated carbocycles. The minimum absolute atomic E-state index is 0.0385. The summed E-state index contributed by atoms with van der Waals surface area (Å²) in [5.41, 5.74) is 1.15. The summed E-state index contributed by atoms with van der Waals surface area (Å²) in [4.78, 5) is 18.0. The average molecular weight is 276 g/mol. The number of pyridine rings is 1. The van der Waals surface area contributed by atoms with Crippen molar-refractivity contribution in [3.63, 3.8) is 0 Å². The van der Waals surface area contributed by atoms with E-state index in [9.17, 15) is 13.6 Å². The van der Waals surface area contributed by atoms with Gasteiger partial charge < -0.3 is 4.90 Å². The third-order valence-corrected chi connectivity index (χ3v) is 3.46. The number of amides is 1. The number of benzene rings is 1. The van der Waals surface area contributed by atoms with E-state index in [0.717, 1.165) is 12.8 Å². The summed E-state index contributed by atoms with van der Waals surface area (Å²) in [7, 11) is 0. The highest BCUT2D eigenvalue weighted by Gasteiger charge is 2.35. The smallest absolute Gasteiger partial charge is 0.255 e. The first-order valence-electron chi connectivity index (χ1n) is 6.59. The molecule has 0 N–H and O–H groups in total. The van der Waals surface area contributed by atoms with Gasteiger partial charge in [-0.05, 0) is 31.0 Å². The van der Waals surface area contributed by atoms with Crippen LogP contribution >= 0.6 is 0 Å². The Morgan fingerprint density at radius 2 is 2.10 bits per heavy atom. The largest absolute Gasteiger partial charge is 0.330 e. The van der Waals surface area contributed by atoms with Crippen molar-refractivity contribution in [3.05, 3.63) is 42.1 Å². The normalized spacial score (nSPS) is 14.8. The number of halogens is 2. The van der Waals surface area contributed by atoms with Crippen LogP contribution < -0.4 is 0 Å². The molecular formula is C15H14F2N2O. The first kappa shape index (κ1) is 13.0. The van der Waals surface area contributed by atoms with E-state index in [-0.39, 0.29) is 11.9 Å². The van der Waals surface area contributed by atoms with Gasteiger partial charge in [-0.25, -0.2) is 8.78 Å². The zero-order valence-electron chi connectivity index (χ0n) is 10.8.